The molecule has 2 saturated carbocycles. The van der Waals surface area contributed by atoms with E-state index in [2.05, 4.69) is 32.1 Å². The Morgan fingerprint density at radius 1 is 0.815 bits per heavy atom. The number of allylic oxidation sites excluding steroid dienone is 4. The lowest BCUT2D eigenvalue weighted by molar-refractivity contribution is 0.217. The zero-order chi connectivity index (χ0) is 18.9. The van der Waals surface area contributed by atoms with Crippen molar-refractivity contribution in [2.24, 2.45) is 29.6 Å². The fraction of sp³-hybridized carbons (Fsp3) is 0.852. The van der Waals surface area contributed by atoms with E-state index in [0.29, 0.717) is 0 Å². The molecule has 0 aromatic rings. The first-order valence-electron chi connectivity index (χ1n) is 12.6. The van der Waals surface area contributed by atoms with Crippen molar-refractivity contribution in [3.05, 3.63) is 23.8 Å². The van der Waals surface area contributed by atoms with Crippen molar-refractivity contribution in [1.29, 1.82) is 0 Å². The molecule has 27 heavy (non-hydrogen) atoms. The first-order valence-corrected chi connectivity index (χ1v) is 12.6. The van der Waals surface area contributed by atoms with Crippen LogP contribution in [0.15, 0.2) is 23.8 Å². The minimum absolute atomic E-state index is 0.853. The summed E-state index contributed by atoms with van der Waals surface area (Å²) in [5, 5.41) is 0. The van der Waals surface area contributed by atoms with E-state index in [9.17, 15) is 0 Å². The highest BCUT2D eigenvalue weighted by molar-refractivity contribution is 5.27. The van der Waals surface area contributed by atoms with Crippen molar-refractivity contribution in [1.82, 2.24) is 0 Å². The van der Waals surface area contributed by atoms with Crippen LogP contribution in [0.25, 0.3) is 0 Å². The number of rotatable bonds is 9. The van der Waals surface area contributed by atoms with Gasteiger partial charge in [0.25, 0.3) is 0 Å². The third kappa shape index (κ3) is 6.79. The molecule has 0 amide bonds. The fourth-order valence-corrected chi connectivity index (χ4v) is 6.02. The third-order valence-electron chi connectivity index (χ3n) is 8.11. The Morgan fingerprint density at radius 2 is 1.52 bits per heavy atom. The van der Waals surface area contributed by atoms with Crippen molar-refractivity contribution in [3.8, 4) is 0 Å². The first-order chi connectivity index (χ1) is 13.3. The monoisotopic (exact) mass is 370 g/mol. The summed E-state index contributed by atoms with van der Waals surface area (Å²) >= 11 is 0. The van der Waals surface area contributed by atoms with Gasteiger partial charge in [-0.15, -0.1) is 0 Å². The van der Waals surface area contributed by atoms with Crippen LogP contribution in [-0.2, 0) is 0 Å². The summed E-state index contributed by atoms with van der Waals surface area (Å²) in [6.07, 6.45) is 31.2. The van der Waals surface area contributed by atoms with E-state index in [1.54, 1.807) is 5.57 Å². The summed E-state index contributed by atoms with van der Waals surface area (Å²) < 4.78 is 0. The minimum atomic E-state index is 0.853. The first kappa shape index (κ1) is 21.2. The molecule has 154 valence electrons. The molecule has 0 aromatic carbocycles. The number of hydrogen-bond donors (Lipinski definition) is 0. The maximum atomic E-state index is 2.63. The Labute approximate surface area is 170 Å². The Morgan fingerprint density at radius 3 is 2.19 bits per heavy atom. The molecular weight excluding hydrogens is 324 g/mol. The molecular formula is C27H46. The second-order valence-electron chi connectivity index (χ2n) is 10.3. The van der Waals surface area contributed by atoms with Crippen molar-refractivity contribution in [3.63, 3.8) is 0 Å². The van der Waals surface area contributed by atoms with Gasteiger partial charge in [0.1, 0.15) is 0 Å². The highest BCUT2D eigenvalue weighted by Crippen LogP contribution is 2.41. The van der Waals surface area contributed by atoms with E-state index in [0.717, 1.165) is 29.6 Å². The SMILES string of the molecule is CCCCCCCCC1CCC(C2C=CC(C3CCC(C)CC3)=CC2)CC1. The Hall–Kier alpha value is -0.520. The van der Waals surface area contributed by atoms with Gasteiger partial charge in [0.15, 0.2) is 0 Å². The molecule has 0 N–H and O–H groups in total. The lowest BCUT2D eigenvalue weighted by Crippen LogP contribution is -2.22. The van der Waals surface area contributed by atoms with Crippen LogP contribution < -0.4 is 0 Å². The molecule has 3 aliphatic carbocycles. The predicted octanol–water partition coefficient (Wildman–Crippen LogP) is 8.87. The lowest BCUT2D eigenvalue weighted by atomic mass is 9.71. The zero-order valence-electron chi connectivity index (χ0n) is 18.4. The van der Waals surface area contributed by atoms with Crippen LogP contribution in [0, 0.1) is 29.6 Å². The van der Waals surface area contributed by atoms with E-state index in [1.807, 2.05) is 0 Å². The van der Waals surface area contributed by atoms with Crippen LogP contribution in [0.3, 0.4) is 0 Å². The summed E-state index contributed by atoms with van der Waals surface area (Å²) in [6.45, 7) is 4.74. The van der Waals surface area contributed by atoms with E-state index in [4.69, 9.17) is 0 Å². The molecule has 0 aliphatic heterocycles. The zero-order valence-corrected chi connectivity index (χ0v) is 18.4. The van der Waals surface area contributed by atoms with Gasteiger partial charge in [-0.25, -0.2) is 0 Å². The van der Waals surface area contributed by atoms with Gasteiger partial charge in [-0.05, 0) is 67.3 Å². The average molecular weight is 371 g/mol. The van der Waals surface area contributed by atoms with Gasteiger partial charge in [-0.1, -0.05) is 103 Å². The molecule has 3 rings (SSSR count). The lowest BCUT2D eigenvalue weighted by Gasteiger charge is -2.34. The Balaban J connectivity index is 1.31. The molecule has 0 heterocycles. The summed E-state index contributed by atoms with van der Waals surface area (Å²) in [5.41, 5.74) is 1.69. The van der Waals surface area contributed by atoms with Gasteiger partial charge < -0.3 is 0 Å². The van der Waals surface area contributed by atoms with Crippen LogP contribution >= 0.6 is 0 Å². The average Bonchev–Trinajstić information content (AvgIpc) is 2.72. The van der Waals surface area contributed by atoms with Crippen molar-refractivity contribution < 1.29 is 0 Å². The van der Waals surface area contributed by atoms with Crippen LogP contribution in [0.1, 0.15) is 117 Å². The highest BCUT2D eigenvalue weighted by Gasteiger charge is 2.28. The fourth-order valence-electron chi connectivity index (χ4n) is 6.02. The van der Waals surface area contributed by atoms with Gasteiger partial charge in [-0.2, -0.15) is 0 Å². The third-order valence-corrected chi connectivity index (χ3v) is 8.11. The number of unbranched alkanes of at least 4 members (excludes halogenated alkanes) is 5. The molecule has 0 heteroatoms. The Bertz CT molecular complexity index is 454. The summed E-state index contributed by atoms with van der Waals surface area (Å²) in [5.74, 6) is 4.73. The molecule has 2 fully saturated rings. The maximum Gasteiger partial charge on any atom is -0.0165 e. The summed E-state index contributed by atoms with van der Waals surface area (Å²) in [7, 11) is 0. The summed E-state index contributed by atoms with van der Waals surface area (Å²) in [4.78, 5) is 0. The molecule has 0 spiro atoms. The maximum absolute atomic E-state index is 2.63. The normalized spacial score (nSPS) is 34.4. The second kappa shape index (κ2) is 11.5. The van der Waals surface area contributed by atoms with Gasteiger partial charge in [0.05, 0.1) is 0 Å². The van der Waals surface area contributed by atoms with Crippen LogP contribution in [0.4, 0.5) is 0 Å². The van der Waals surface area contributed by atoms with Gasteiger partial charge in [-0.3, -0.25) is 0 Å². The molecule has 3 aliphatic rings. The smallest absolute Gasteiger partial charge is 0.0165 e. The van der Waals surface area contributed by atoms with E-state index >= 15 is 0 Å². The topological polar surface area (TPSA) is 0 Å². The van der Waals surface area contributed by atoms with Crippen molar-refractivity contribution >= 4 is 0 Å². The minimum Gasteiger partial charge on any atom is -0.0806 e. The second-order valence-corrected chi connectivity index (χ2v) is 10.3. The van der Waals surface area contributed by atoms with E-state index < -0.39 is 0 Å². The van der Waals surface area contributed by atoms with Crippen LogP contribution in [-0.4, -0.2) is 0 Å². The van der Waals surface area contributed by atoms with Crippen molar-refractivity contribution in [2.45, 2.75) is 117 Å². The van der Waals surface area contributed by atoms with Crippen LogP contribution in [0.2, 0.25) is 0 Å². The number of hydrogen-bond acceptors (Lipinski definition) is 0. The standard InChI is InChI=1S/C27H46/c1-3-4-5-6-7-8-9-23-12-16-25(17-13-23)27-20-18-26(19-21-27)24-14-10-22(2)11-15-24/h18-20,22-25,27H,3-17,21H2,1-2H3. The molecule has 1 atom stereocenters. The highest BCUT2D eigenvalue weighted by atomic mass is 14.3. The predicted molar refractivity (Wildman–Crippen MR) is 120 cm³/mol. The summed E-state index contributed by atoms with van der Waals surface area (Å²) in [6, 6.07) is 0. The van der Waals surface area contributed by atoms with E-state index in [-0.39, 0.29) is 0 Å². The van der Waals surface area contributed by atoms with Gasteiger partial charge in [0, 0.05) is 0 Å². The molecule has 0 radical (unpaired) electrons. The molecule has 0 bridgehead atoms. The Kier molecular flexibility index (Phi) is 9.01. The largest absolute Gasteiger partial charge is 0.0806 e. The van der Waals surface area contributed by atoms with Crippen LogP contribution in [0.5, 0.6) is 0 Å². The van der Waals surface area contributed by atoms with Gasteiger partial charge >= 0.3 is 0 Å². The molecule has 0 nitrogen and oxygen atoms in total. The quantitative estimate of drug-likeness (QED) is 0.355. The van der Waals surface area contributed by atoms with E-state index in [1.165, 1.54) is 103 Å². The van der Waals surface area contributed by atoms with Crippen molar-refractivity contribution in [2.75, 3.05) is 0 Å². The van der Waals surface area contributed by atoms with Gasteiger partial charge in [0.2, 0.25) is 0 Å². The molecule has 0 aromatic heterocycles. The molecule has 1 unspecified atom stereocenters. The molecule has 0 saturated heterocycles.